The van der Waals surface area contributed by atoms with Crippen molar-refractivity contribution in [2.75, 3.05) is 5.75 Å². The number of aryl methyl sites for hydroxylation is 2. The van der Waals surface area contributed by atoms with Crippen LogP contribution in [0.3, 0.4) is 0 Å². The van der Waals surface area contributed by atoms with Crippen molar-refractivity contribution in [1.82, 2.24) is 5.16 Å². The Morgan fingerprint density at radius 3 is 3.06 bits per heavy atom. The van der Waals surface area contributed by atoms with Crippen LogP contribution in [0, 0.1) is 6.92 Å². The SMILES string of the molecule is Cc1cc(C[S@@](=O)CCc2cccs2)no1. The zero-order chi connectivity index (χ0) is 11.4. The maximum absolute atomic E-state index is 11.8. The average molecular weight is 255 g/mol. The number of hydrogen-bond acceptors (Lipinski definition) is 4. The van der Waals surface area contributed by atoms with Gasteiger partial charge in [-0.3, -0.25) is 4.21 Å². The number of thiophene rings is 1. The molecular formula is C11H13NO2S2. The van der Waals surface area contributed by atoms with Crippen molar-refractivity contribution in [2.45, 2.75) is 19.1 Å². The Bertz CT molecular complexity index is 462. The molecule has 0 aliphatic rings. The van der Waals surface area contributed by atoms with Crippen LogP contribution < -0.4 is 0 Å². The third-order valence-corrected chi connectivity index (χ3v) is 4.36. The first kappa shape index (κ1) is 11.5. The molecule has 2 aromatic rings. The summed E-state index contributed by atoms with van der Waals surface area (Å²) in [5.41, 5.74) is 0.780. The Morgan fingerprint density at radius 2 is 2.44 bits per heavy atom. The summed E-state index contributed by atoms with van der Waals surface area (Å²) in [4.78, 5) is 1.28. The summed E-state index contributed by atoms with van der Waals surface area (Å²) in [6.45, 7) is 1.84. The van der Waals surface area contributed by atoms with Gasteiger partial charge in [0.25, 0.3) is 0 Å². The van der Waals surface area contributed by atoms with Crippen molar-refractivity contribution in [3.63, 3.8) is 0 Å². The molecule has 0 saturated carbocycles. The minimum atomic E-state index is -0.858. The molecule has 0 radical (unpaired) electrons. The quantitative estimate of drug-likeness (QED) is 0.824. The number of nitrogens with zero attached hydrogens (tertiary/aromatic N) is 1. The highest BCUT2D eigenvalue weighted by atomic mass is 32.2. The van der Waals surface area contributed by atoms with E-state index in [-0.39, 0.29) is 0 Å². The Hall–Kier alpha value is -0.940. The Morgan fingerprint density at radius 1 is 1.56 bits per heavy atom. The van der Waals surface area contributed by atoms with E-state index in [0.29, 0.717) is 11.5 Å². The van der Waals surface area contributed by atoms with Crippen molar-refractivity contribution < 1.29 is 8.73 Å². The third kappa shape index (κ3) is 3.28. The minimum absolute atomic E-state index is 0.489. The fraction of sp³-hybridized carbons (Fsp3) is 0.364. The molecular weight excluding hydrogens is 242 g/mol. The monoisotopic (exact) mass is 255 g/mol. The molecule has 0 saturated heterocycles. The van der Waals surface area contributed by atoms with Crippen LogP contribution in [-0.4, -0.2) is 15.1 Å². The molecule has 16 heavy (non-hydrogen) atoms. The molecule has 0 unspecified atom stereocenters. The van der Waals surface area contributed by atoms with Crippen LogP contribution in [0.5, 0.6) is 0 Å². The van der Waals surface area contributed by atoms with Gasteiger partial charge >= 0.3 is 0 Å². The summed E-state index contributed by atoms with van der Waals surface area (Å²) in [6.07, 6.45) is 0.876. The Kier molecular flexibility index (Phi) is 3.90. The standard InChI is InChI=1S/C11H13NO2S2/c1-9-7-10(12-14-9)8-16(13)6-4-11-3-2-5-15-11/h2-3,5,7H,4,6,8H2,1H3/t16-/m0/s1. The molecule has 0 bridgehead atoms. The first-order valence-electron chi connectivity index (χ1n) is 5.03. The minimum Gasteiger partial charge on any atom is -0.361 e. The molecule has 0 spiro atoms. The van der Waals surface area contributed by atoms with E-state index in [9.17, 15) is 4.21 Å². The molecule has 0 aliphatic carbocycles. The highest BCUT2D eigenvalue weighted by Crippen LogP contribution is 2.11. The second-order valence-electron chi connectivity index (χ2n) is 3.55. The fourth-order valence-electron chi connectivity index (χ4n) is 1.39. The first-order chi connectivity index (χ1) is 7.74. The van der Waals surface area contributed by atoms with E-state index in [4.69, 9.17) is 4.52 Å². The molecule has 0 fully saturated rings. The zero-order valence-electron chi connectivity index (χ0n) is 9.01. The van der Waals surface area contributed by atoms with E-state index in [1.165, 1.54) is 4.88 Å². The molecule has 2 rings (SSSR count). The second kappa shape index (κ2) is 5.41. The van der Waals surface area contributed by atoms with Crippen molar-refractivity contribution in [2.24, 2.45) is 0 Å². The second-order valence-corrected chi connectivity index (χ2v) is 6.16. The zero-order valence-corrected chi connectivity index (χ0v) is 10.6. The van der Waals surface area contributed by atoms with Crippen LogP contribution in [0.4, 0.5) is 0 Å². The summed E-state index contributed by atoms with van der Waals surface area (Å²) in [5.74, 6) is 1.94. The van der Waals surface area contributed by atoms with E-state index in [1.54, 1.807) is 11.3 Å². The van der Waals surface area contributed by atoms with E-state index < -0.39 is 10.8 Å². The molecule has 2 heterocycles. The third-order valence-electron chi connectivity index (χ3n) is 2.14. The number of rotatable bonds is 5. The van der Waals surface area contributed by atoms with Crippen LogP contribution in [0.15, 0.2) is 28.1 Å². The van der Waals surface area contributed by atoms with Gasteiger partial charge in [0.1, 0.15) is 5.76 Å². The molecule has 1 atom stereocenters. The van der Waals surface area contributed by atoms with Crippen molar-refractivity contribution in [3.05, 3.63) is 39.9 Å². The van der Waals surface area contributed by atoms with Gasteiger partial charge in [-0.1, -0.05) is 11.2 Å². The largest absolute Gasteiger partial charge is 0.361 e. The molecule has 0 aromatic carbocycles. The van der Waals surface area contributed by atoms with Gasteiger partial charge in [-0.05, 0) is 24.8 Å². The summed E-state index contributed by atoms with van der Waals surface area (Å²) in [6, 6.07) is 5.93. The normalized spacial score (nSPS) is 12.8. The lowest BCUT2D eigenvalue weighted by Crippen LogP contribution is -2.03. The lowest BCUT2D eigenvalue weighted by Gasteiger charge is -1.97. The predicted molar refractivity (Wildman–Crippen MR) is 66.0 cm³/mol. The van der Waals surface area contributed by atoms with Crippen LogP contribution in [-0.2, 0) is 23.0 Å². The van der Waals surface area contributed by atoms with Gasteiger partial charge in [0.2, 0.25) is 0 Å². The molecule has 3 nitrogen and oxygen atoms in total. The van der Waals surface area contributed by atoms with Gasteiger partial charge in [0.05, 0.1) is 11.4 Å². The van der Waals surface area contributed by atoms with E-state index in [0.717, 1.165) is 17.9 Å². The summed E-state index contributed by atoms with van der Waals surface area (Å²) >= 11 is 1.71. The average Bonchev–Trinajstić information content (AvgIpc) is 2.87. The fourth-order valence-corrected chi connectivity index (χ4v) is 3.29. The number of aromatic nitrogens is 1. The van der Waals surface area contributed by atoms with Gasteiger partial charge in [-0.25, -0.2) is 0 Å². The van der Waals surface area contributed by atoms with E-state index in [1.807, 2.05) is 24.4 Å². The van der Waals surface area contributed by atoms with Crippen LogP contribution in [0.2, 0.25) is 0 Å². The summed E-state index contributed by atoms with van der Waals surface area (Å²) < 4.78 is 16.7. The smallest absolute Gasteiger partial charge is 0.133 e. The summed E-state index contributed by atoms with van der Waals surface area (Å²) in [7, 11) is -0.858. The molecule has 0 aliphatic heterocycles. The van der Waals surface area contributed by atoms with E-state index >= 15 is 0 Å². The lowest BCUT2D eigenvalue weighted by molar-refractivity contribution is 0.392. The van der Waals surface area contributed by atoms with Gasteiger partial charge in [-0.2, -0.15) is 0 Å². The highest BCUT2D eigenvalue weighted by Gasteiger charge is 2.06. The van der Waals surface area contributed by atoms with Gasteiger partial charge in [0, 0.05) is 27.5 Å². The van der Waals surface area contributed by atoms with Gasteiger partial charge < -0.3 is 4.52 Å². The first-order valence-corrected chi connectivity index (χ1v) is 7.40. The van der Waals surface area contributed by atoms with E-state index in [2.05, 4.69) is 11.2 Å². The Labute approximate surface area is 101 Å². The Balaban J connectivity index is 1.81. The van der Waals surface area contributed by atoms with Crippen molar-refractivity contribution >= 4 is 22.1 Å². The van der Waals surface area contributed by atoms with Crippen LogP contribution in [0.25, 0.3) is 0 Å². The number of hydrogen-bond donors (Lipinski definition) is 0. The molecule has 0 amide bonds. The topological polar surface area (TPSA) is 43.1 Å². The van der Waals surface area contributed by atoms with Crippen molar-refractivity contribution in [1.29, 1.82) is 0 Å². The van der Waals surface area contributed by atoms with Crippen LogP contribution in [0.1, 0.15) is 16.3 Å². The van der Waals surface area contributed by atoms with Crippen LogP contribution >= 0.6 is 11.3 Å². The molecule has 2 aromatic heterocycles. The van der Waals surface area contributed by atoms with Crippen molar-refractivity contribution in [3.8, 4) is 0 Å². The van der Waals surface area contributed by atoms with Gasteiger partial charge in [-0.15, -0.1) is 11.3 Å². The molecule has 0 N–H and O–H groups in total. The highest BCUT2D eigenvalue weighted by molar-refractivity contribution is 7.84. The van der Waals surface area contributed by atoms with Gasteiger partial charge in [0.15, 0.2) is 0 Å². The summed E-state index contributed by atoms with van der Waals surface area (Å²) in [5, 5.41) is 5.88. The lowest BCUT2D eigenvalue weighted by atomic mass is 10.4. The maximum Gasteiger partial charge on any atom is 0.133 e. The predicted octanol–water partition coefficient (Wildman–Crippen LogP) is 2.54. The maximum atomic E-state index is 11.8. The molecule has 86 valence electrons. The molecule has 5 heteroatoms.